The van der Waals surface area contributed by atoms with Gasteiger partial charge in [0.05, 0.1) is 33.7 Å². The summed E-state index contributed by atoms with van der Waals surface area (Å²) in [6.07, 6.45) is 4.03. The van der Waals surface area contributed by atoms with Crippen LogP contribution >= 0.6 is 0 Å². The lowest BCUT2D eigenvalue weighted by molar-refractivity contribution is -0.141. The van der Waals surface area contributed by atoms with Crippen molar-refractivity contribution in [2.45, 2.75) is 44.9 Å². The Bertz CT molecular complexity index is 1190. The van der Waals surface area contributed by atoms with Crippen LogP contribution in [0.15, 0.2) is 72.8 Å². The Kier molecular flexibility index (Phi) is 11.4. The zero-order valence-electron chi connectivity index (χ0n) is 22.0. The molecule has 0 atom stereocenters. The van der Waals surface area contributed by atoms with E-state index < -0.39 is 11.9 Å². The summed E-state index contributed by atoms with van der Waals surface area (Å²) in [6.45, 7) is 0.672. The second-order valence-corrected chi connectivity index (χ2v) is 8.97. The Balaban J connectivity index is 1.44. The molecule has 1 amide bonds. The average Bonchev–Trinajstić information content (AvgIpc) is 2.94. The number of unbranched alkanes of at least 4 members (excludes halogenated alkanes) is 1. The minimum absolute atomic E-state index is 0.00597. The lowest BCUT2D eigenvalue weighted by atomic mass is 10.0. The van der Waals surface area contributed by atoms with Crippen molar-refractivity contribution in [3.63, 3.8) is 0 Å². The van der Waals surface area contributed by atoms with Crippen LogP contribution in [0.3, 0.4) is 0 Å². The number of nitrogens with one attached hydrogen (secondary N) is 1. The number of methoxy groups -OCH3 is 2. The Morgan fingerprint density at radius 3 is 2.05 bits per heavy atom. The summed E-state index contributed by atoms with van der Waals surface area (Å²) >= 11 is 0. The second kappa shape index (κ2) is 15.2. The van der Waals surface area contributed by atoms with E-state index in [-0.39, 0.29) is 18.7 Å². The molecular weight excluding hydrogens is 482 g/mol. The van der Waals surface area contributed by atoms with E-state index in [1.807, 2.05) is 30.3 Å². The third-order valence-corrected chi connectivity index (χ3v) is 6.15. The highest BCUT2D eigenvalue weighted by Crippen LogP contribution is 2.19. The number of hydrogen-bond donors (Lipinski definition) is 1. The van der Waals surface area contributed by atoms with Crippen LogP contribution in [0.25, 0.3) is 0 Å². The number of anilines is 1. The minimum Gasteiger partial charge on any atom is -0.494 e. The van der Waals surface area contributed by atoms with E-state index in [0.717, 1.165) is 30.6 Å². The number of esters is 2. The predicted molar refractivity (Wildman–Crippen MR) is 146 cm³/mol. The number of hydrogen-bond acceptors (Lipinski definition) is 6. The maximum atomic E-state index is 12.6. The molecule has 0 bridgehead atoms. The van der Waals surface area contributed by atoms with Crippen LogP contribution in [0, 0.1) is 0 Å². The molecule has 0 heterocycles. The zero-order valence-corrected chi connectivity index (χ0v) is 22.0. The second-order valence-electron chi connectivity index (χ2n) is 8.97. The van der Waals surface area contributed by atoms with E-state index in [0.29, 0.717) is 36.3 Å². The molecule has 0 aliphatic carbocycles. The molecule has 0 saturated heterocycles. The van der Waals surface area contributed by atoms with Gasteiger partial charge in [0.25, 0.3) is 0 Å². The molecule has 1 N–H and O–H groups in total. The molecule has 3 aromatic carbocycles. The Labute approximate surface area is 224 Å². The van der Waals surface area contributed by atoms with Crippen molar-refractivity contribution in [3.8, 4) is 5.75 Å². The third kappa shape index (κ3) is 9.73. The summed E-state index contributed by atoms with van der Waals surface area (Å²) in [7, 11) is 2.62. The molecule has 0 saturated carbocycles. The number of carbonyl (C=O) groups excluding carboxylic acids is 3. The smallest absolute Gasteiger partial charge is 0.309 e. The van der Waals surface area contributed by atoms with Gasteiger partial charge in [0.1, 0.15) is 5.75 Å². The maximum Gasteiger partial charge on any atom is 0.309 e. The highest BCUT2D eigenvalue weighted by molar-refractivity contribution is 5.91. The predicted octanol–water partition coefficient (Wildman–Crippen LogP) is 5.09. The molecular formula is C31H35NO6. The van der Waals surface area contributed by atoms with E-state index in [1.54, 1.807) is 18.2 Å². The van der Waals surface area contributed by atoms with Crippen molar-refractivity contribution in [1.29, 1.82) is 0 Å². The van der Waals surface area contributed by atoms with Crippen molar-refractivity contribution < 1.29 is 28.6 Å². The quantitative estimate of drug-likeness (QED) is 0.237. The number of ether oxygens (including phenoxy) is 3. The van der Waals surface area contributed by atoms with Gasteiger partial charge < -0.3 is 19.5 Å². The van der Waals surface area contributed by atoms with Crippen molar-refractivity contribution in [1.82, 2.24) is 0 Å². The average molecular weight is 518 g/mol. The SMILES string of the molecule is COC(=O)Cc1ccc(NC(=O)CCc2ccc(OCCCCc3ccccc3)cc2)cc1CC(=O)OC. The molecule has 200 valence electrons. The van der Waals surface area contributed by atoms with E-state index in [9.17, 15) is 14.4 Å². The van der Waals surface area contributed by atoms with Gasteiger partial charge in [-0.1, -0.05) is 48.5 Å². The standard InChI is InChI=1S/C31H35NO6/c1-36-30(34)21-25-14-15-27(20-26(25)22-31(35)37-2)32-29(33)18-13-24-11-16-28(17-12-24)38-19-7-6-10-23-8-4-3-5-9-23/h3-5,8-9,11-12,14-17,20H,6-7,10,13,18-19,21-22H2,1-2H3,(H,32,33). The van der Waals surface area contributed by atoms with Crippen molar-refractivity contribution in [2.75, 3.05) is 26.1 Å². The zero-order chi connectivity index (χ0) is 27.2. The van der Waals surface area contributed by atoms with Crippen LogP contribution in [0.1, 0.15) is 41.5 Å². The van der Waals surface area contributed by atoms with Crippen molar-refractivity contribution in [3.05, 3.63) is 95.1 Å². The number of carbonyl (C=O) groups is 3. The van der Waals surface area contributed by atoms with Crippen molar-refractivity contribution in [2.24, 2.45) is 0 Å². The first-order chi connectivity index (χ1) is 18.5. The highest BCUT2D eigenvalue weighted by atomic mass is 16.5. The maximum absolute atomic E-state index is 12.6. The monoisotopic (exact) mass is 517 g/mol. The molecule has 7 heteroatoms. The minimum atomic E-state index is -0.431. The van der Waals surface area contributed by atoms with E-state index in [1.165, 1.54) is 19.8 Å². The van der Waals surface area contributed by atoms with Crippen LogP contribution in [0.5, 0.6) is 5.75 Å². The van der Waals surface area contributed by atoms with E-state index in [4.69, 9.17) is 14.2 Å². The summed E-state index contributed by atoms with van der Waals surface area (Å²) < 4.78 is 15.3. The van der Waals surface area contributed by atoms with E-state index in [2.05, 4.69) is 29.6 Å². The molecule has 3 aromatic rings. The molecule has 7 nitrogen and oxygen atoms in total. The molecule has 3 rings (SSSR count). The van der Waals surface area contributed by atoms with Crippen LogP contribution in [0.4, 0.5) is 5.69 Å². The fourth-order valence-electron chi connectivity index (χ4n) is 4.00. The Hall–Kier alpha value is -4.13. The topological polar surface area (TPSA) is 90.9 Å². The summed E-state index contributed by atoms with van der Waals surface area (Å²) in [5, 5.41) is 2.87. The molecule has 0 unspecified atom stereocenters. The molecule has 0 fully saturated rings. The van der Waals surface area contributed by atoms with Gasteiger partial charge in [-0.2, -0.15) is 0 Å². The van der Waals surface area contributed by atoms with Crippen LogP contribution in [0.2, 0.25) is 0 Å². The Morgan fingerprint density at radius 1 is 0.711 bits per heavy atom. The van der Waals surface area contributed by atoms with Crippen LogP contribution in [-0.2, 0) is 49.5 Å². The molecule has 0 aliphatic rings. The lowest BCUT2D eigenvalue weighted by Crippen LogP contribution is -2.14. The summed E-state index contributed by atoms with van der Waals surface area (Å²) in [4.78, 5) is 36.1. The third-order valence-electron chi connectivity index (χ3n) is 6.15. The number of rotatable bonds is 14. The van der Waals surface area contributed by atoms with Crippen molar-refractivity contribution >= 4 is 23.5 Å². The first-order valence-electron chi connectivity index (χ1n) is 12.8. The number of benzene rings is 3. The molecule has 38 heavy (non-hydrogen) atoms. The molecule has 0 aromatic heterocycles. The first-order valence-corrected chi connectivity index (χ1v) is 12.8. The summed E-state index contributed by atoms with van der Waals surface area (Å²) in [5.74, 6) is -0.164. The molecule has 0 spiro atoms. The van der Waals surface area contributed by atoms with Gasteiger partial charge in [0.15, 0.2) is 0 Å². The number of amides is 1. The van der Waals surface area contributed by atoms with Gasteiger partial charge in [-0.25, -0.2) is 0 Å². The fraction of sp³-hybridized carbons (Fsp3) is 0.323. The molecule has 0 aliphatic heterocycles. The van der Waals surface area contributed by atoms with Gasteiger partial charge in [-0.15, -0.1) is 0 Å². The fourth-order valence-corrected chi connectivity index (χ4v) is 4.00. The largest absolute Gasteiger partial charge is 0.494 e. The van der Waals surface area contributed by atoms with Gasteiger partial charge >= 0.3 is 11.9 Å². The number of aryl methyl sites for hydroxylation is 2. The van der Waals surface area contributed by atoms with Crippen LogP contribution in [-0.4, -0.2) is 38.7 Å². The molecule has 0 radical (unpaired) electrons. The summed E-state index contributed by atoms with van der Waals surface area (Å²) in [5.41, 5.74) is 4.20. The lowest BCUT2D eigenvalue weighted by Gasteiger charge is -2.12. The summed E-state index contributed by atoms with van der Waals surface area (Å²) in [6, 6.07) is 23.4. The van der Waals surface area contributed by atoms with Gasteiger partial charge in [-0.05, 0) is 72.2 Å². The highest BCUT2D eigenvalue weighted by Gasteiger charge is 2.14. The first kappa shape index (κ1) is 28.4. The van der Waals surface area contributed by atoms with E-state index >= 15 is 0 Å². The van der Waals surface area contributed by atoms with Crippen LogP contribution < -0.4 is 10.1 Å². The Morgan fingerprint density at radius 2 is 1.37 bits per heavy atom. The normalized spacial score (nSPS) is 10.5. The van der Waals surface area contributed by atoms with Gasteiger partial charge in [0.2, 0.25) is 5.91 Å². The van der Waals surface area contributed by atoms with Gasteiger partial charge in [0, 0.05) is 12.1 Å². The van der Waals surface area contributed by atoms with Gasteiger partial charge in [-0.3, -0.25) is 14.4 Å².